The average molecular weight is 526 g/mol. The molecular formula is C23H27N8O5P. The van der Waals surface area contributed by atoms with Crippen molar-refractivity contribution in [3.05, 3.63) is 72.1 Å². The van der Waals surface area contributed by atoms with E-state index >= 15 is 0 Å². The minimum absolute atomic E-state index is 0.105. The molecule has 0 spiro atoms. The first-order valence-corrected chi connectivity index (χ1v) is 13.1. The van der Waals surface area contributed by atoms with Gasteiger partial charge in [-0.2, -0.15) is 4.80 Å². The first-order valence-electron chi connectivity index (χ1n) is 11.5. The maximum absolute atomic E-state index is 13.7. The van der Waals surface area contributed by atoms with Gasteiger partial charge in [-0.1, -0.05) is 23.4 Å². The summed E-state index contributed by atoms with van der Waals surface area (Å²) in [5, 5.41) is 23.5. The van der Waals surface area contributed by atoms with E-state index in [9.17, 15) is 9.36 Å². The molecule has 1 N–H and O–H groups in total. The summed E-state index contributed by atoms with van der Waals surface area (Å²) in [5.74, 6) is -0.567. The Bertz CT molecular complexity index is 1350. The van der Waals surface area contributed by atoms with Crippen LogP contribution in [0.15, 0.2) is 60.8 Å². The van der Waals surface area contributed by atoms with Crippen LogP contribution in [0, 0.1) is 0 Å². The van der Waals surface area contributed by atoms with E-state index in [0.29, 0.717) is 17.1 Å². The molecule has 1 atom stereocenters. The highest BCUT2D eigenvalue weighted by atomic mass is 31.2. The molecular weight excluding hydrogens is 499 g/mol. The molecule has 0 aliphatic heterocycles. The number of nitrogens with zero attached hydrogens (tertiary/aromatic N) is 7. The van der Waals surface area contributed by atoms with Gasteiger partial charge in [-0.25, -0.2) is 4.68 Å². The number of rotatable bonds is 12. The molecule has 2 aromatic heterocycles. The summed E-state index contributed by atoms with van der Waals surface area (Å²) in [7, 11) is -2.28. The van der Waals surface area contributed by atoms with Crippen molar-refractivity contribution in [2.24, 2.45) is 0 Å². The van der Waals surface area contributed by atoms with Crippen molar-refractivity contribution in [3.63, 3.8) is 0 Å². The normalized spacial score (nSPS) is 12.3. The van der Waals surface area contributed by atoms with Gasteiger partial charge >= 0.3 is 7.60 Å². The van der Waals surface area contributed by atoms with Crippen molar-refractivity contribution in [3.8, 4) is 17.1 Å². The number of ether oxygens (including phenoxy) is 1. The van der Waals surface area contributed by atoms with E-state index in [2.05, 4.69) is 31.0 Å². The predicted molar refractivity (Wildman–Crippen MR) is 133 cm³/mol. The SMILES string of the molecule is CCOP(=O)(OCC)C(NC(=O)c1ccccc1)n1cc(Cn2nnc(-c3ccc(OC)cc3)n2)nn1. The number of benzene rings is 2. The lowest BCUT2D eigenvalue weighted by atomic mass is 10.2. The molecule has 0 saturated heterocycles. The molecule has 37 heavy (non-hydrogen) atoms. The fraction of sp³-hybridized carbons (Fsp3) is 0.304. The van der Waals surface area contributed by atoms with E-state index < -0.39 is 19.4 Å². The molecule has 2 heterocycles. The Morgan fingerprint density at radius 1 is 1.00 bits per heavy atom. The van der Waals surface area contributed by atoms with Crippen LogP contribution in [0.25, 0.3) is 11.4 Å². The van der Waals surface area contributed by atoms with Gasteiger partial charge in [0.25, 0.3) is 5.91 Å². The van der Waals surface area contributed by atoms with Crippen LogP contribution in [0.5, 0.6) is 5.75 Å². The lowest BCUT2D eigenvalue weighted by Crippen LogP contribution is -2.34. The van der Waals surface area contributed by atoms with Crippen LogP contribution < -0.4 is 10.1 Å². The molecule has 4 aromatic rings. The Hall–Kier alpha value is -3.93. The zero-order valence-electron chi connectivity index (χ0n) is 20.6. The summed E-state index contributed by atoms with van der Waals surface area (Å²) in [6.45, 7) is 3.72. The number of methoxy groups -OCH3 is 1. The number of hydrogen-bond acceptors (Lipinski definition) is 10. The average Bonchev–Trinajstić information content (AvgIpc) is 3.58. The van der Waals surface area contributed by atoms with Crippen molar-refractivity contribution in [1.82, 2.24) is 40.5 Å². The predicted octanol–water partition coefficient (Wildman–Crippen LogP) is 3.14. The number of amides is 1. The van der Waals surface area contributed by atoms with E-state index in [1.165, 1.54) is 15.7 Å². The molecule has 0 saturated carbocycles. The second-order valence-electron chi connectivity index (χ2n) is 7.65. The van der Waals surface area contributed by atoms with Gasteiger partial charge in [0.2, 0.25) is 11.7 Å². The topological polar surface area (TPSA) is 148 Å². The van der Waals surface area contributed by atoms with Crippen LogP contribution in [0.3, 0.4) is 0 Å². The molecule has 0 bridgehead atoms. The molecule has 1 amide bonds. The maximum Gasteiger partial charge on any atom is 0.375 e. The van der Waals surface area contributed by atoms with Gasteiger partial charge in [-0.3, -0.25) is 9.36 Å². The molecule has 0 radical (unpaired) electrons. The Balaban J connectivity index is 1.56. The first kappa shape index (κ1) is 26.1. The van der Waals surface area contributed by atoms with E-state index in [1.807, 2.05) is 12.1 Å². The third-order valence-corrected chi connectivity index (χ3v) is 7.33. The monoisotopic (exact) mass is 526 g/mol. The fourth-order valence-electron chi connectivity index (χ4n) is 3.43. The molecule has 13 nitrogen and oxygen atoms in total. The number of nitrogens with one attached hydrogen (secondary N) is 1. The number of tetrazole rings is 1. The lowest BCUT2D eigenvalue weighted by Gasteiger charge is -2.26. The molecule has 194 valence electrons. The molecule has 0 fully saturated rings. The molecule has 1 unspecified atom stereocenters. The van der Waals surface area contributed by atoms with Crippen molar-refractivity contribution in [2.75, 3.05) is 20.3 Å². The number of carbonyl (C=O) groups excluding carboxylic acids is 1. The van der Waals surface area contributed by atoms with Gasteiger partial charge < -0.3 is 19.1 Å². The van der Waals surface area contributed by atoms with Crippen LogP contribution >= 0.6 is 7.60 Å². The highest BCUT2D eigenvalue weighted by molar-refractivity contribution is 7.53. The number of hydrogen-bond donors (Lipinski definition) is 1. The van der Waals surface area contributed by atoms with Crippen molar-refractivity contribution in [2.45, 2.75) is 26.3 Å². The van der Waals surface area contributed by atoms with Gasteiger partial charge in [-0.05, 0) is 55.5 Å². The second-order valence-corrected chi connectivity index (χ2v) is 9.74. The van der Waals surface area contributed by atoms with Crippen LogP contribution in [0.4, 0.5) is 0 Å². The van der Waals surface area contributed by atoms with Crippen molar-refractivity contribution in [1.29, 1.82) is 0 Å². The Labute approximate surface area is 213 Å². The van der Waals surface area contributed by atoms with Crippen molar-refractivity contribution >= 4 is 13.5 Å². The third-order valence-electron chi connectivity index (χ3n) is 5.13. The van der Waals surface area contributed by atoms with Crippen molar-refractivity contribution < 1.29 is 23.1 Å². The highest BCUT2D eigenvalue weighted by Gasteiger charge is 2.39. The Kier molecular flexibility index (Phi) is 8.39. The van der Waals surface area contributed by atoms with Crippen LogP contribution in [0.2, 0.25) is 0 Å². The molecule has 4 rings (SSSR count). The lowest BCUT2D eigenvalue weighted by molar-refractivity contribution is 0.0917. The standard InChI is InChI=1S/C23H27N8O5P/c1-4-35-37(33,36-5-2)23(24-22(32)18-9-7-6-8-10-18)30-15-19(25-28-30)16-31-27-21(26-29-31)17-11-13-20(34-3)14-12-17/h6-15,23H,4-5,16H2,1-3H3,(H,24,32). The molecule has 0 aliphatic carbocycles. The zero-order valence-corrected chi connectivity index (χ0v) is 21.5. The molecule has 2 aromatic carbocycles. The summed E-state index contributed by atoms with van der Waals surface area (Å²) in [6.07, 6.45) is 1.52. The van der Waals surface area contributed by atoms with Crippen LogP contribution in [-0.2, 0) is 20.2 Å². The van der Waals surface area contributed by atoms with Gasteiger partial charge in [-0.15, -0.1) is 15.3 Å². The fourth-order valence-corrected chi connectivity index (χ4v) is 5.19. The van der Waals surface area contributed by atoms with E-state index in [4.69, 9.17) is 13.8 Å². The highest BCUT2D eigenvalue weighted by Crippen LogP contribution is 2.57. The largest absolute Gasteiger partial charge is 0.497 e. The number of aromatic nitrogens is 7. The number of carbonyl (C=O) groups is 1. The quantitative estimate of drug-likeness (QED) is 0.273. The molecule has 0 aliphatic rings. The first-order chi connectivity index (χ1) is 18.0. The summed E-state index contributed by atoms with van der Waals surface area (Å²) in [4.78, 5) is 14.3. The Morgan fingerprint density at radius 2 is 1.70 bits per heavy atom. The van der Waals surface area contributed by atoms with Gasteiger partial charge in [0, 0.05) is 11.1 Å². The Morgan fingerprint density at radius 3 is 2.35 bits per heavy atom. The summed E-state index contributed by atoms with van der Waals surface area (Å²) < 4.78 is 31.1. The minimum atomic E-state index is -3.87. The summed E-state index contributed by atoms with van der Waals surface area (Å²) in [6, 6.07) is 15.8. The van der Waals surface area contributed by atoms with Gasteiger partial charge in [0.1, 0.15) is 18.0 Å². The smallest absolute Gasteiger partial charge is 0.375 e. The van der Waals surface area contributed by atoms with E-state index in [1.54, 1.807) is 63.4 Å². The second kappa shape index (κ2) is 11.9. The van der Waals surface area contributed by atoms with Crippen LogP contribution in [0.1, 0.15) is 35.8 Å². The minimum Gasteiger partial charge on any atom is -0.497 e. The summed E-state index contributed by atoms with van der Waals surface area (Å²) in [5.41, 5.74) is 1.59. The van der Waals surface area contributed by atoms with Gasteiger partial charge in [0.05, 0.1) is 26.5 Å². The third kappa shape index (κ3) is 6.26. The summed E-state index contributed by atoms with van der Waals surface area (Å²) >= 11 is 0. The van der Waals surface area contributed by atoms with E-state index in [-0.39, 0.29) is 19.8 Å². The maximum atomic E-state index is 13.7. The van der Waals surface area contributed by atoms with E-state index in [0.717, 1.165) is 11.3 Å². The zero-order chi connectivity index (χ0) is 26.3. The van der Waals surface area contributed by atoms with Gasteiger partial charge in [0.15, 0.2) is 0 Å². The van der Waals surface area contributed by atoms with Crippen LogP contribution in [-0.4, -0.2) is 61.4 Å². The molecule has 14 heteroatoms.